The number of anilines is 1. The zero-order valence-corrected chi connectivity index (χ0v) is 19.8. The normalized spacial score (nSPS) is 15.0. The van der Waals surface area contributed by atoms with Crippen LogP contribution >= 0.6 is 11.8 Å². The third-order valence-corrected chi connectivity index (χ3v) is 6.42. The van der Waals surface area contributed by atoms with Gasteiger partial charge in [0.15, 0.2) is 16.7 Å². The standard InChI is InChI=1S/C25H27N3O4S/c1-4-11-32-19-10-9-17(12-20(19)31-3)18-13-21(29)26-23-22(18)24(30)28-25(27-23)33-14-16-7-5-15(2)6-8-16/h5-10,12,18H,4,11,13-14H2,1-3H3,(H2,26,27,28,29,30). The average Bonchev–Trinajstić information content (AvgIpc) is 2.81. The number of nitrogens with one attached hydrogen (secondary N) is 2. The van der Waals surface area contributed by atoms with Crippen LogP contribution in [0.15, 0.2) is 52.4 Å². The number of fused-ring (bicyclic) bond motifs is 1. The second-order valence-corrected chi connectivity index (χ2v) is 8.94. The van der Waals surface area contributed by atoms with Crippen LogP contribution in [0.1, 0.15) is 47.9 Å². The zero-order valence-electron chi connectivity index (χ0n) is 18.9. The number of ether oxygens (including phenoxy) is 2. The van der Waals surface area contributed by atoms with E-state index in [-0.39, 0.29) is 17.9 Å². The third-order valence-electron chi connectivity index (χ3n) is 5.48. The molecule has 2 heterocycles. The van der Waals surface area contributed by atoms with Crippen LogP contribution in [0.5, 0.6) is 11.5 Å². The Morgan fingerprint density at radius 1 is 1.12 bits per heavy atom. The third kappa shape index (κ3) is 5.22. The number of carbonyl (C=O) groups excluding carboxylic acids is 1. The van der Waals surface area contributed by atoms with Gasteiger partial charge in [0, 0.05) is 18.1 Å². The number of benzene rings is 2. The lowest BCUT2D eigenvalue weighted by Gasteiger charge is -2.25. The van der Waals surface area contributed by atoms with E-state index in [4.69, 9.17) is 9.47 Å². The highest BCUT2D eigenvalue weighted by molar-refractivity contribution is 7.98. The summed E-state index contributed by atoms with van der Waals surface area (Å²) >= 11 is 1.43. The van der Waals surface area contributed by atoms with E-state index in [1.54, 1.807) is 7.11 Å². The molecule has 4 rings (SSSR count). The van der Waals surface area contributed by atoms with Crippen molar-refractivity contribution >= 4 is 23.5 Å². The fraction of sp³-hybridized carbons (Fsp3) is 0.320. The molecule has 0 saturated carbocycles. The molecule has 1 atom stereocenters. The minimum absolute atomic E-state index is 0.159. The van der Waals surface area contributed by atoms with Crippen molar-refractivity contribution in [3.63, 3.8) is 0 Å². The summed E-state index contributed by atoms with van der Waals surface area (Å²) in [5, 5.41) is 3.25. The van der Waals surface area contributed by atoms with Crippen molar-refractivity contribution in [1.82, 2.24) is 9.97 Å². The quantitative estimate of drug-likeness (QED) is 0.372. The smallest absolute Gasteiger partial charge is 0.257 e. The van der Waals surface area contributed by atoms with Gasteiger partial charge in [0.25, 0.3) is 5.56 Å². The number of thioether (sulfide) groups is 1. The van der Waals surface area contributed by atoms with Gasteiger partial charge >= 0.3 is 0 Å². The fourth-order valence-corrected chi connectivity index (χ4v) is 4.59. The molecule has 1 aliphatic rings. The lowest BCUT2D eigenvalue weighted by molar-refractivity contribution is -0.116. The summed E-state index contributed by atoms with van der Waals surface area (Å²) in [7, 11) is 1.57. The van der Waals surface area contributed by atoms with E-state index in [0.29, 0.717) is 40.4 Å². The molecule has 0 bridgehead atoms. The molecule has 2 N–H and O–H groups in total. The molecule has 0 radical (unpaired) electrons. The van der Waals surface area contributed by atoms with Gasteiger partial charge in [-0.1, -0.05) is 54.6 Å². The van der Waals surface area contributed by atoms with Gasteiger partial charge in [-0.25, -0.2) is 4.98 Å². The highest BCUT2D eigenvalue weighted by Gasteiger charge is 2.31. The number of nitrogens with zero attached hydrogens (tertiary/aromatic N) is 1. The van der Waals surface area contributed by atoms with Gasteiger partial charge in [-0.3, -0.25) is 9.59 Å². The van der Waals surface area contributed by atoms with Gasteiger partial charge in [0.1, 0.15) is 5.82 Å². The molecule has 1 amide bonds. The van der Waals surface area contributed by atoms with E-state index in [1.165, 1.54) is 17.3 Å². The largest absolute Gasteiger partial charge is 0.493 e. The summed E-state index contributed by atoms with van der Waals surface area (Å²) in [5.41, 5.74) is 3.34. The number of hydrogen-bond acceptors (Lipinski definition) is 6. The summed E-state index contributed by atoms with van der Waals surface area (Å²) < 4.78 is 11.2. The number of amides is 1. The molecule has 1 unspecified atom stereocenters. The summed E-state index contributed by atoms with van der Waals surface area (Å²) in [6.45, 7) is 4.65. The first-order valence-electron chi connectivity index (χ1n) is 10.9. The summed E-state index contributed by atoms with van der Waals surface area (Å²) in [5.74, 6) is 1.59. The Hall–Kier alpha value is -3.26. The van der Waals surface area contributed by atoms with Crippen LogP contribution in [0, 0.1) is 6.92 Å². The Bertz CT molecular complexity index is 1210. The Kier molecular flexibility index (Phi) is 7.03. The van der Waals surface area contributed by atoms with Crippen LogP contribution in [0.3, 0.4) is 0 Å². The highest BCUT2D eigenvalue weighted by Crippen LogP contribution is 2.38. The predicted octanol–water partition coefficient (Wildman–Crippen LogP) is 4.64. The minimum atomic E-state index is -0.421. The van der Waals surface area contributed by atoms with Crippen LogP contribution in [-0.4, -0.2) is 29.6 Å². The van der Waals surface area contributed by atoms with Crippen molar-refractivity contribution in [2.24, 2.45) is 0 Å². The second kappa shape index (κ2) is 10.1. The number of hydrogen-bond donors (Lipinski definition) is 2. The van der Waals surface area contributed by atoms with E-state index in [0.717, 1.165) is 17.5 Å². The first-order valence-corrected chi connectivity index (χ1v) is 11.9. The summed E-state index contributed by atoms with van der Waals surface area (Å²) in [4.78, 5) is 33.0. The van der Waals surface area contributed by atoms with Gasteiger partial charge in [-0.2, -0.15) is 0 Å². The van der Waals surface area contributed by atoms with E-state index >= 15 is 0 Å². The first kappa shape index (κ1) is 22.9. The van der Waals surface area contributed by atoms with Crippen LogP contribution < -0.4 is 20.3 Å². The monoisotopic (exact) mass is 465 g/mol. The molecule has 33 heavy (non-hydrogen) atoms. The Morgan fingerprint density at radius 2 is 1.91 bits per heavy atom. The zero-order chi connectivity index (χ0) is 23.4. The Morgan fingerprint density at radius 3 is 2.64 bits per heavy atom. The lowest BCUT2D eigenvalue weighted by atomic mass is 9.86. The molecule has 0 saturated heterocycles. The number of aromatic amines is 1. The maximum atomic E-state index is 13.1. The van der Waals surface area contributed by atoms with Crippen molar-refractivity contribution in [2.45, 2.75) is 43.5 Å². The summed E-state index contributed by atoms with van der Waals surface area (Å²) in [6.07, 6.45) is 1.04. The Labute approximate surface area is 196 Å². The fourth-order valence-electron chi connectivity index (χ4n) is 3.77. The molecule has 2 aromatic carbocycles. The average molecular weight is 466 g/mol. The molecule has 0 spiro atoms. The summed E-state index contributed by atoms with van der Waals surface area (Å²) in [6, 6.07) is 13.7. The number of H-pyrrole nitrogens is 1. The number of aromatic nitrogens is 2. The van der Waals surface area contributed by atoms with E-state index < -0.39 is 5.92 Å². The van der Waals surface area contributed by atoms with Crippen molar-refractivity contribution in [1.29, 1.82) is 0 Å². The molecule has 1 aromatic heterocycles. The lowest BCUT2D eigenvalue weighted by Crippen LogP contribution is -2.31. The van der Waals surface area contributed by atoms with E-state index in [9.17, 15) is 9.59 Å². The van der Waals surface area contributed by atoms with Crippen LogP contribution in [0.25, 0.3) is 0 Å². The second-order valence-electron chi connectivity index (χ2n) is 7.97. The molecule has 172 valence electrons. The van der Waals surface area contributed by atoms with Gasteiger partial charge in [-0.15, -0.1) is 0 Å². The molecule has 3 aromatic rings. The van der Waals surface area contributed by atoms with Gasteiger partial charge in [-0.05, 0) is 36.6 Å². The number of aryl methyl sites for hydroxylation is 1. The van der Waals surface area contributed by atoms with Crippen molar-refractivity contribution < 1.29 is 14.3 Å². The SMILES string of the molecule is CCCOc1ccc(C2CC(=O)Nc3nc(SCc4ccc(C)cc4)[nH]c(=O)c32)cc1OC. The van der Waals surface area contributed by atoms with Crippen LogP contribution in [-0.2, 0) is 10.5 Å². The number of carbonyl (C=O) groups is 1. The number of methoxy groups -OCH3 is 1. The van der Waals surface area contributed by atoms with Crippen LogP contribution in [0.2, 0.25) is 0 Å². The molecule has 7 nitrogen and oxygen atoms in total. The molecule has 8 heteroatoms. The number of rotatable bonds is 8. The maximum Gasteiger partial charge on any atom is 0.257 e. The first-order chi connectivity index (χ1) is 16.0. The van der Waals surface area contributed by atoms with Crippen molar-refractivity contribution in [3.8, 4) is 11.5 Å². The molecule has 1 aliphatic heterocycles. The van der Waals surface area contributed by atoms with E-state index in [1.807, 2.05) is 32.0 Å². The van der Waals surface area contributed by atoms with Crippen molar-refractivity contribution in [3.05, 3.63) is 75.1 Å². The predicted molar refractivity (Wildman–Crippen MR) is 129 cm³/mol. The molecular formula is C25H27N3O4S. The van der Waals surface area contributed by atoms with E-state index in [2.05, 4.69) is 39.6 Å². The van der Waals surface area contributed by atoms with Gasteiger partial charge < -0.3 is 19.8 Å². The van der Waals surface area contributed by atoms with Gasteiger partial charge in [0.05, 0.1) is 19.3 Å². The Balaban J connectivity index is 1.62. The van der Waals surface area contributed by atoms with Crippen molar-refractivity contribution in [2.75, 3.05) is 19.0 Å². The minimum Gasteiger partial charge on any atom is -0.493 e. The van der Waals surface area contributed by atoms with Gasteiger partial charge in [0.2, 0.25) is 5.91 Å². The van der Waals surface area contributed by atoms with Crippen LogP contribution in [0.4, 0.5) is 5.82 Å². The molecule has 0 aliphatic carbocycles. The topological polar surface area (TPSA) is 93.3 Å². The highest BCUT2D eigenvalue weighted by atomic mass is 32.2. The molecular weight excluding hydrogens is 438 g/mol. The molecule has 0 fully saturated rings. The maximum absolute atomic E-state index is 13.1.